The van der Waals surface area contributed by atoms with Crippen molar-refractivity contribution in [3.63, 3.8) is 0 Å². The fourth-order valence-corrected chi connectivity index (χ4v) is 2.65. The second kappa shape index (κ2) is 7.17. The lowest BCUT2D eigenvalue weighted by atomic mass is 10.1. The van der Waals surface area contributed by atoms with Gasteiger partial charge in [0.2, 0.25) is 0 Å². The smallest absolute Gasteiger partial charge is 0.179 e. The fraction of sp³-hybridized carbons (Fsp3) is 0.353. The number of aryl methyl sites for hydroxylation is 1. The van der Waals surface area contributed by atoms with Crippen LogP contribution in [0.5, 0.6) is 11.5 Å². The maximum Gasteiger partial charge on any atom is 0.179 e. The molecule has 2 N–H and O–H groups in total. The molecule has 5 nitrogen and oxygen atoms in total. The zero-order chi connectivity index (χ0) is 16.2. The number of hydrogen-bond donors (Lipinski definition) is 2. The molecule has 23 heavy (non-hydrogen) atoms. The Morgan fingerprint density at radius 2 is 2.13 bits per heavy atom. The van der Waals surface area contributed by atoms with E-state index in [9.17, 15) is 5.11 Å². The average molecular weight is 335 g/mol. The molecule has 0 spiro atoms. The number of aromatic nitrogens is 1. The molecule has 0 fully saturated rings. The van der Waals surface area contributed by atoms with Crippen molar-refractivity contribution in [3.8, 4) is 11.5 Å². The summed E-state index contributed by atoms with van der Waals surface area (Å²) >= 11 is 6.19. The Morgan fingerprint density at radius 3 is 2.91 bits per heavy atom. The number of aliphatic hydroxyl groups excluding tert-OH is 1. The number of rotatable bonds is 5. The van der Waals surface area contributed by atoms with Gasteiger partial charge in [-0.25, -0.2) is 0 Å². The van der Waals surface area contributed by atoms with Crippen molar-refractivity contribution in [1.82, 2.24) is 10.3 Å². The Labute approximate surface area is 140 Å². The van der Waals surface area contributed by atoms with Gasteiger partial charge in [-0.1, -0.05) is 17.7 Å². The van der Waals surface area contributed by atoms with Gasteiger partial charge in [0, 0.05) is 19.3 Å². The van der Waals surface area contributed by atoms with Gasteiger partial charge in [-0.15, -0.1) is 0 Å². The first kappa shape index (κ1) is 16.1. The van der Waals surface area contributed by atoms with Gasteiger partial charge in [0.1, 0.15) is 13.2 Å². The number of halogens is 1. The van der Waals surface area contributed by atoms with E-state index in [1.54, 1.807) is 12.1 Å². The lowest BCUT2D eigenvalue weighted by Crippen LogP contribution is -2.22. The van der Waals surface area contributed by atoms with Crippen LogP contribution in [0, 0.1) is 6.92 Å². The Morgan fingerprint density at radius 1 is 1.30 bits per heavy atom. The summed E-state index contributed by atoms with van der Waals surface area (Å²) in [5.74, 6) is 1.13. The second-order valence-corrected chi connectivity index (χ2v) is 5.91. The van der Waals surface area contributed by atoms with Gasteiger partial charge in [0.05, 0.1) is 16.8 Å². The third kappa shape index (κ3) is 3.93. The van der Waals surface area contributed by atoms with Crippen molar-refractivity contribution in [1.29, 1.82) is 0 Å². The SMILES string of the molecule is Cc1ccc(CNCC(O)c2cc(Cl)c3c(c2)OCCO3)nc1. The molecule has 1 unspecified atom stereocenters. The van der Waals surface area contributed by atoms with Crippen molar-refractivity contribution in [3.05, 3.63) is 52.3 Å². The molecule has 0 bridgehead atoms. The minimum Gasteiger partial charge on any atom is -0.486 e. The van der Waals surface area contributed by atoms with Crippen molar-refractivity contribution in [2.75, 3.05) is 19.8 Å². The Hall–Kier alpha value is -1.82. The molecule has 1 aliphatic heterocycles. The van der Waals surface area contributed by atoms with Crippen LogP contribution in [0.4, 0.5) is 0 Å². The number of pyridine rings is 1. The van der Waals surface area contributed by atoms with Crippen LogP contribution in [-0.2, 0) is 6.54 Å². The van der Waals surface area contributed by atoms with E-state index >= 15 is 0 Å². The maximum atomic E-state index is 10.3. The first-order chi connectivity index (χ1) is 11.1. The summed E-state index contributed by atoms with van der Waals surface area (Å²) < 4.78 is 11.0. The Balaban J connectivity index is 1.60. The molecule has 1 aromatic carbocycles. The minimum absolute atomic E-state index is 0.394. The highest BCUT2D eigenvalue weighted by atomic mass is 35.5. The summed E-state index contributed by atoms with van der Waals surface area (Å²) in [6.45, 7) is 3.96. The number of nitrogens with zero attached hydrogens (tertiary/aromatic N) is 1. The minimum atomic E-state index is -0.686. The molecule has 0 radical (unpaired) electrons. The molecule has 1 aromatic heterocycles. The molecule has 6 heteroatoms. The quantitative estimate of drug-likeness (QED) is 0.880. The van der Waals surface area contributed by atoms with E-state index in [-0.39, 0.29) is 0 Å². The van der Waals surface area contributed by atoms with Crippen molar-refractivity contribution >= 4 is 11.6 Å². The van der Waals surface area contributed by atoms with Gasteiger partial charge in [0.15, 0.2) is 11.5 Å². The predicted molar refractivity (Wildman–Crippen MR) is 88.1 cm³/mol. The van der Waals surface area contributed by atoms with E-state index < -0.39 is 6.10 Å². The molecule has 0 amide bonds. The monoisotopic (exact) mass is 334 g/mol. The third-order valence-corrected chi connectivity index (χ3v) is 3.90. The molecular formula is C17H19ClN2O3. The third-order valence-electron chi connectivity index (χ3n) is 3.62. The molecule has 0 saturated heterocycles. The van der Waals surface area contributed by atoms with Crippen LogP contribution < -0.4 is 14.8 Å². The standard InChI is InChI=1S/C17H19ClN2O3/c1-11-2-3-13(20-8-11)9-19-10-15(21)12-6-14(18)17-16(7-12)22-4-5-23-17/h2-3,6-8,15,19,21H,4-5,9-10H2,1H3. The van der Waals surface area contributed by atoms with Crippen molar-refractivity contribution < 1.29 is 14.6 Å². The fourth-order valence-electron chi connectivity index (χ4n) is 2.38. The molecule has 3 rings (SSSR count). The van der Waals surface area contributed by atoms with Gasteiger partial charge in [0.25, 0.3) is 0 Å². The first-order valence-electron chi connectivity index (χ1n) is 7.53. The van der Waals surface area contributed by atoms with Crippen LogP contribution in [0.3, 0.4) is 0 Å². The van der Waals surface area contributed by atoms with Crippen LogP contribution in [0.25, 0.3) is 0 Å². The highest BCUT2D eigenvalue weighted by Crippen LogP contribution is 2.39. The molecule has 1 atom stereocenters. The molecule has 0 aliphatic carbocycles. The van der Waals surface area contributed by atoms with E-state index in [2.05, 4.69) is 10.3 Å². The van der Waals surface area contributed by atoms with Crippen molar-refractivity contribution in [2.45, 2.75) is 19.6 Å². The number of benzene rings is 1. The van der Waals surface area contributed by atoms with E-state index in [0.29, 0.717) is 48.4 Å². The zero-order valence-corrected chi connectivity index (χ0v) is 13.6. The summed E-state index contributed by atoms with van der Waals surface area (Å²) in [5, 5.41) is 14.0. The van der Waals surface area contributed by atoms with Crippen LogP contribution in [0.2, 0.25) is 5.02 Å². The Kier molecular flexibility index (Phi) is 5.00. The zero-order valence-electron chi connectivity index (χ0n) is 12.9. The largest absolute Gasteiger partial charge is 0.486 e. The first-order valence-corrected chi connectivity index (χ1v) is 7.90. The van der Waals surface area contributed by atoms with E-state index in [4.69, 9.17) is 21.1 Å². The number of nitrogens with one attached hydrogen (secondary N) is 1. The molecule has 2 aromatic rings. The lowest BCUT2D eigenvalue weighted by molar-refractivity contribution is 0.163. The molecule has 122 valence electrons. The Bertz CT molecular complexity index is 676. The second-order valence-electron chi connectivity index (χ2n) is 5.50. The number of aliphatic hydroxyl groups is 1. The van der Waals surface area contributed by atoms with Crippen LogP contribution in [-0.4, -0.2) is 29.8 Å². The highest BCUT2D eigenvalue weighted by molar-refractivity contribution is 6.32. The van der Waals surface area contributed by atoms with E-state index in [1.807, 2.05) is 25.3 Å². The molecule has 2 heterocycles. The number of fused-ring (bicyclic) bond motifs is 1. The summed E-state index contributed by atoms with van der Waals surface area (Å²) in [5.41, 5.74) is 2.76. The van der Waals surface area contributed by atoms with Crippen LogP contribution >= 0.6 is 11.6 Å². The van der Waals surface area contributed by atoms with Gasteiger partial charge >= 0.3 is 0 Å². The van der Waals surface area contributed by atoms with Gasteiger partial charge in [-0.3, -0.25) is 4.98 Å². The van der Waals surface area contributed by atoms with E-state index in [1.165, 1.54) is 0 Å². The van der Waals surface area contributed by atoms with E-state index in [0.717, 1.165) is 11.3 Å². The maximum absolute atomic E-state index is 10.3. The topological polar surface area (TPSA) is 63.6 Å². The summed E-state index contributed by atoms with van der Waals surface area (Å²) in [6, 6.07) is 7.47. The van der Waals surface area contributed by atoms with Crippen molar-refractivity contribution in [2.24, 2.45) is 0 Å². The highest BCUT2D eigenvalue weighted by Gasteiger charge is 2.19. The van der Waals surface area contributed by atoms with Gasteiger partial charge < -0.3 is 19.9 Å². The van der Waals surface area contributed by atoms with Gasteiger partial charge in [-0.2, -0.15) is 0 Å². The molecular weight excluding hydrogens is 316 g/mol. The lowest BCUT2D eigenvalue weighted by Gasteiger charge is -2.21. The summed E-state index contributed by atoms with van der Waals surface area (Å²) in [4.78, 5) is 4.32. The normalized spacial score (nSPS) is 14.6. The predicted octanol–water partition coefficient (Wildman–Crippen LogP) is 2.64. The summed E-state index contributed by atoms with van der Waals surface area (Å²) in [6.07, 6.45) is 1.14. The van der Waals surface area contributed by atoms with Crippen LogP contribution in [0.15, 0.2) is 30.5 Å². The average Bonchev–Trinajstić information content (AvgIpc) is 2.56. The van der Waals surface area contributed by atoms with Crippen LogP contribution in [0.1, 0.15) is 22.9 Å². The number of hydrogen-bond acceptors (Lipinski definition) is 5. The number of ether oxygens (including phenoxy) is 2. The summed E-state index contributed by atoms with van der Waals surface area (Å²) in [7, 11) is 0. The molecule has 1 aliphatic rings. The molecule has 0 saturated carbocycles. The van der Waals surface area contributed by atoms with Gasteiger partial charge in [-0.05, 0) is 36.2 Å².